The molecule has 7 heteroatoms. The molecule has 1 amide bonds. The van der Waals surface area contributed by atoms with E-state index in [9.17, 15) is 4.79 Å². The van der Waals surface area contributed by atoms with Gasteiger partial charge in [0.2, 0.25) is 0 Å². The van der Waals surface area contributed by atoms with Crippen molar-refractivity contribution < 1.29 is 19.0 Å². The molecule has 1 saturated heterocycles. The lowest BCUT2D eigenvalue weighted by Crippen LogP contribution is -2.44. The zero-order valence-corrected chi connectivity index (χ0v) is 16.6. The Kier molecular flexibility index (Phi) is 8.65. The molecule has 0 spiro atoms. The lowest BCUT2D eigenvalue weighted by molar-refractivity contribution is 0.0475. The van der Waals surface area contributed by atoms with Crippen LogP contribution >= 0.6 is 11.6 Å². The number of methoxy groups -OCH3 is 2. The van der Waals surface area contributed by atoms with Crippen LogP contribution in [-0.4, -0.2) is 70.0 Å². The maximum Gasteiger partial charge on any atom is 0.251 e. The summed E-state index contributed by atoms with van der Waals surface area (Å²) in [4.78, 5) is 14.5. The molecular weight excluding hydrogens is 356 g/mol. The van der Waals surface area contributed by atoms with E-state index in [2.05, 4.69) is 17.1 Å². The third-order valence-electron chi connectivity index (χ3n) is 4.59. The predicted molar refractivity (Wildman–Crippen MR) is 102 cm³/mol. The van der Waals surface area contributed by atoms with Gasteiger partial charge in [0, 0.05) is 45.5 Å². The molecule has 0 bridgehead atoms. The SMILES string of the molecule is COCCNC(=O)c1ccc(OC2CCN(C(C)COC)CC2)c(Cl)c1. The van der Waals surface area contributed by atoms with Crippen molar-refractivity contribution >= 4 is 17.5 Å². The van der Waals surface area contributed by atoms with Crippen LogP contribution in [0.15, 0.2) is 18.2 Å². The fourth-order valence-electron chi connectivity index (χ4n) is 3.07. The summed E-state index contributed by atoms with van der Waals surface area (Å²) in [6, 6.07) is 5.57. The zero-order valence-electron chi connectivity index (χ0n) is 15.8. The van der Waals surface area contributed by atoms with Crippen molar-refractivity contribution in [2.24, 2.45) is 0 Å². The minimum atomic E-state index is -0.170. The van der Waals surface area contributed by atoms with Crippen molar-refractivity contribution in [3.8, 4) is 5.75 Å². The highest BCUT2D eigenvalue weighted by Crippen LogP contribution is 2.28. The molecule has 0 radical (unpaired) electrons. The predicted octanol–water partition coefficient (Wildman–Crippen LogP) is 2.59. The van der Waals surface area contributed by atoms with E-state index in [0.29, 0.717) is 35.5 Å². The number of likely N-dealkylation sites (tertiary alicyclic amines) is 1. The maximum absolute atomic E-state index is 12.0. The van der Waals surface area contributed by atoms with E-state index in [4.69, 9.17) is 25.8 Å². The highest BCUT2D eigenvalue weighted by atomic mass is 35.5. The third-order valence-corrected chi connectivity index (χ3v) is 4.88. The molecule has 146 valence electrons. The molecule has 1 N–H and O–H groups in total. The van der Waals surface area contributed by atoms with Gasteiger partial charge in [-0.15, -0.1) is 0 Å². The number of carbonyl (C=O) groups is 1. The molecule has 0 aliphatic carbocycles. The van der Waals surface area contributed by atoms with E-state index in [0.717, 1.165) is 32.5 Å². The van der Waals surface area contributed by atoms with Gasteiger partial charge in [0.15, 0.2) is 0 Å². The Bertz CT molecular complexity index is 577. The van der Waals surface area contributed by atoms with Crippen LogP contribution < -0.4 is 10.1 Å². The summed E-state index contributed by atoms with van der Waals surface area (Å²) in [6.07, 6.45) is 2.03. The summed E-state index contributed by atoms with van der Waals surface area (Å²) in [7, 11) is 3.33. The number of hydrogen-bond acceptors (Lipinski definition) is 5. The van der Waals surface area contributed by atoms with Gasteiger partial charge in [0.1, 0.15) is 11.9 Å². The topological polar surface area (TPSA) is 60.0 Å². The van der Waals surface area contributed by atoms with Crippen LogP contribution in [0.25, 0.3) is 0 Å². The Labute approximate surface area is 160 Å². The number of halogens is 1. The van der Waals surface area contributed by atoms with Gasteiger partial charge in [0.05, 0.1) is 18.2 Å². The summed E-state index contributed by atoms with van der Waals surface area (Å²) in [6.45, 7) is 5.82. The molecule has 1 atom stereocenters. The largest absolute Gasteiger partial charge is 0.489 e. The van der Waals surface area contributed by atoms with Gasteiger partial charge in [-0.2, -0.15) is 0 Å². The Hall–Kier alpha value is -1.34. The Balaban J connectivity index is 1.86. The standard InChI is InChI=1S/C19H29ClN2O4/c1-14(13-25-3)22-9-6-16(7-10-22)26-18-5-4-15(12-17(18)20)19(23)21-8-11-24-2/h4-5,12,14,16H,6-11,13H2,1-3H3,(H,21,23). The average molecular weight is 385 g/mol. The van der Waals surface area contributed by atoms with E-state index in [1.54, 1.807) is 32.4 Å². The first-order chi connectivity index (χ1) is 12.5. The van der Waals surface area contributed by atoms with Crippen LogP contribution in [0.2, 0.25) is 5.02 Å². The number of rotatable bonds is 9. The minimum Gasteiger partial charge on any atom is -0.489 e. The molecule has 0 aromatic heterocycles. The number of carbonyl (C=O) groups excluding carboxylic acids is 1. The van der Waals surface area contributed by atoms with E-state index in [1.807, 2.05) is 0 Å². The molecule has 1 aromatic rings. The summed E-state index contributed by atoms with van der Waals surface area (Å²) >= 11 is 6.32. The van der Waals surface area contributed by atoms with Crippen LogP contribution in [0.4, 0.5) is 0 Å². The maximum atomic E-state index is 12.0. The highest BCUT2D eigenvalue weighted by Gasteiger charge is 2.24. The molecular formula is C19H29ClN2O4. The monoisotopic (exact) mass is 384 g/mol. The van der Waals surface area contributed by atoms with Crippen LogP contribution in [0.1, 0.15) is 30.1 Å². The number of nitrogens with one attached hydrogen (secondary N) is 1. The number of nitrogens with zero attached hydrogens (tertiary/aromatic N) is 1. The van der Waals surface area contributed by atoms with E-state index >= 15 is 0 Å². The molecule has 6 nitrogen and oxygen atoms in total. The van der Waals surface area contributed by atoms with Crippen molar-refractivity contribution in [3.05, 3.63) is 28.8 Å². The first-order valence-corrected chi connectivity index (χ1v) is 9.39. The Morgan fingerprint density at radius 2 is 2.04 bits per heavy atom. The molecule has 1 unspecified atom stereocenters. The van der Waals surface area contributed by atoms with E-state index in [1.165, 1.54) is 0 Å². The molecule has 1 aliphatic rings. The fraction of sp³-hybridized carbons (Fsp3) is 0.632. The van der Waals surface area contributed by atoms with E-state index in [-0.39, 0.29) is 12.0 Å². The van der Waals surface area contributed by atoms with Gasteiger partial charge in [-0.3, -0.25) is 9.69 Å². The number of ether oxygens (including phenoxy) is 3. The number of piperidine rings is 1. The molecule has 26 heavy (non-hydrogen) atoms. The molecule has 2 rings (SSSR count). The second-order valence-electron chi connectivity index (χ2n) is 6.55. The summed E-state index contributed by atoms with van der Waals surface area (Å²) in [5, 5.41) is 3.23. The molecule has 0 saturated carbocycles. The normalized spacial score (nSPS) is 17.1. The van der Waals surface area contributed by atoms with Gasteiger partial charge in [0.25, 0.3) is 5.91 Å². The molecule has 1 fully saturated rings. The van der Waals surface area contributed by atoms with Crippen molar-refractivity contribution in [1.29, 1.82) is 0 Å². The second-order valence-corrected chi connectivity index (χ2v) is 6.96. The Morgan fingerprint density at radius 1 is 1.31 bits per heavy atom. The fourth-order valence-corrected chi connectivity index (χ4v) is 3.29. The van der Waals surface area contributed by atoms with Crippen molar-refractivity contribution in [2.75, 3.05) is 47.1 Å². The van der Waals surface area contributed by atoms with Crippen molar-refractivity contribution in [3.63, 3.8) is 0 Å². The van der Waals surface area contributed by atoms with Crippen molar-refractivity contribution in [2.45, 2.75) is 31.9 Å². The number of amides is 1. The van der Waals surface area contributed by atoms with Crippen molar-refractivity contribution in [1.82, 2.24) is 10.2 Å². The molecule has 1 aromatic carbocycles. The van der Waals surface area contributed by atoms with Gasteiger partial charge in [-0.05, 0) is 38.0 Å². The minimum absolute atomic E-state index is 0.139. The van der Waals surface area contributed by atoms with E-state index < -0.39 is 0 Å². The lowest BCUT2D eigenvalue weighted by Gasteiger charge is -2.35. The third kappa shape index (κ3) is 6.13. The highest BCUT2D eigenvalue weighted by molar-refractivity contribution is 6.32. The summed E-state index contributed by atoms with van der Waals surface area (Å²) in [5.41, 5.74) is 0.515. The summed E-state index contributed by atoms with van der Waals surface area (Å²) < 4.78 is 16.2. The average Bonchev–Trinajstić information content (AvgIpc) is 2.64. The van der Waals surface area contributed by atoms with Gasteiger partial charge in [-0.1, -0.05) is 11.6 Å². The number of hydrogen-bond donors (Lipinski definition) is 1. The van der Waals surface area contributed by atoms with Crippen LogP contribution in [0.5, 0.6) is 5.75 Å². The first-order valence-electron chi connectivity index (χ1n) is 9.01. The second kappa shape index (κ2) is 10.7. The lowest BCUT2D eigenvalue weighted by atomic mass is 10.1. The zero-order chi connectivity index (χ0) is 18.9. The van der Waals surface area contributed by atoms with Gasteiger partial charge in [-0.25, -0.2) is 0 Å². The smallest absolute Gasteiger partial charge is 0.251 e. The quantitative estimate of drug-likeness (QED) is 0.663. The number of benzene rings is 1. The van der Waals surface area contributed by atoms with Crippen LogP contribution in [0.3, 0.4) is 0 Å². The molecule has 1 heterocycles. The first kappa shape index (κ1) is 21.0. The summed E-state index contributed by atoms with van der Waals surface area (Å²) in [5.74, 6) is 0.458. The Morgan fingerprint density at radius 3 is 2.65 bits per heavy atom. The van der Waals surface area contributed by atoms with Gasteiger partial charge >= 0.3 is 0 Å². The molecule has 1 aliphatic heterocycles. The van der Waals surface area contributed by atoms with Crippen LogP contribution in [-0.2, 0) is 9.47 Å². The van der Waals surface area contributed by atoms with Crippen LogP contribution in [0, 0.1) is 0 Å². The van der Waals surface area contributed by atoms with Gasteiger partial charge < -0.3 is 19.5 Å².